The van der Waals surface area contributed by atoms with Gasteiger partial charge < -0.3 is 23.9 Å². The number of amides is 1. The van der Waals surface area contributed by atoms with Gasteiger partial charge >= 0.3 is 5.63 Å². The Morgan fingerprint density at radius 1 is 1.37 bits per heavy atom. The number of aliphatic imine (C=N–C) groups is 1. The molecule has 0 aliphatic carbocycles. The Kier molecular flexibility index (Phi) is 8.48. The van der Waals surface area contributed by atoms with Crippen LogP contribution in [-0.2, 0) is 14.3 Å². The number of rotatable bonds is 11. The van der Waals surface area contributed by atoms with E-state index in [9.17, 15) is 9.59 Å². The third-order valence-corrected chi connectivity index (χ3v) is 5.90. The molecule has 0 radical (unpaired) electrons. The fourth-order valence-electron chi connectivity index (χ4n) is 3.11. The molecule has 0 saturated heterocycles. The maximum absolute atomic E-state index is 13.1. The molecular formula is C20H31N3O6S. The van der Waals surface area contributed by atoms with Crippen LogP contribution in [0.3, 0.4) is 0 Å². The lowest BCUT2D eigenvalue weighted by molar-refractivity contribution is -0.169. The van der Waals surface area contributed by atoms with E-state index in [-0.39, 0.29) is 5.75 Å². The Morgan fingerprint density at radius 2 is 2.03 bits per heavy atom. The van der Waals surface area contributed by atoms with Crippen molar-refractivity contribution in [3.63, 3.8) is 0 Å². The summed E-state index contributed by atoms with van der Waals surface area (Å²) < 4.78 is 21.9. The highest BCUT2D eigenvalue weighted by Gasteiger charge is 2.46. The van der Waals surface area contributed by atoms with Crippen LogP contribution in [0, 0.1) is 0 Å². The van der Waals surface area contributed by atoms with Gasteiger partial charge in [-0.25, -0.2) is 9.79 Å². The Morgan fingerprint density at radius 3 is 2.60 bits per heavy atom. The van der Waals surface area contributed by atoms with Crippen LogP contribution in [0.15, 0.2) is 26.3 Å². The second-order valence-electron chi connectivity index (χ2n) is 6.97. The van der Waals surface area contributed by atoms with Gasteiger partial charge in [0.25, 0.3) is 5.91 Å². The monoisotopic (exact) mass is 441 g/mol. The van der Waals surface area contributed by atoms with Gasteiger partial charge in [0.15, 0.2) is 5.66 Å². The van der Waals surface area contributed by atoms with Crippen LogP contribution in [-0.4, -0.2) is 48.5 Å². The van der Waals surface area contributed by atoms with E-state index in [4.69, 9.17) is 24.4 Å². The molecule has 0 aromatic carbocycles. The first kappa shape index (κ1) is 24.4. The molecule has 30 heavy (non-hydrogen) atoms. The van der Waals surface area contributed by atoms with Crippen LogP contribution in [0.4, 0.5) is 0 Å². The minimum absolute atomic E-state index is 0.241. The molecule has 0 saturated carbocycles. The van der Waals surface area contributed by atoms with E-state index in [2.05, 4.69) is 10.3 Å². The average molecular weight is 442 g/mol. The van der Waals surface area contributed by atoms with E-state index in [0.29, 0.717) is 36.2 Å². The van der Waals surface area contributed by atoms with Crippen LogP contribution in [0.5, 0.6) is 5.75 Å². The summed E-state index contributed by atoms with van der Waals surface area (Å²) >= 11 is 1.33. The molecule has 2 heterocycles. The lowest BCUT2D eigenvalue weighted by atomic mass is 10.1. The van der Waals surface area contributed by atoms with Crippen LogP contribution in [0.25, 0.3) is 0 Å². The number of hydrogen-bond acceptors (Lipinski definition) is 9. The molecule has 10 heteroatoms. The minimum atomic E-state index is -1.49. The van der Waals surface area contributed by atoms with Gasteiger partial charge in [0.1, 0.15) is 16.6 Å². The Hall–Kier alpha value is -1.88. The number of nitrogens with one attached hydrogen (secondary N) is 1. The van der Waals surface area contributed by atoms with Gasteiger partial charge in [0, 0.05) is 25.0 Å². The fourth-order valence-corrected chi connectivity index (χ4v) is 4.27. The van der Waals surface area contributed by atoms with Crippen molar-refractivity contribution in [1.82, 2.24) is 5.32 Å². The van der Waals surface area contributed by atoms with Crippen LogP contribution >= 0.6 is 11.8 Å². The molecule has 2 rings (SSSR count). The Labute approximate surface area is 180 Å². The van der Waals surface area contributed by atoms with E-state index in [1.54, 1.807) is 13.0 Å². The van der Waals surface area contributed by atoms with E-state index >= 15 is 0 Å². The van der Waals surface area contributed by atoms with E-state index in [1.807, 2.05) is 20.8 Å². The number of ether oxygens (including phenoxy) is 3. The molecule has 1 aromatic rings. The highest BCUT2D eigenvalue weighted by molar-refractivity contribution is 8.14. The third kappa shape index (κ3) is 5.63. The summed E-state index contributed by atoms with van der Waals surface area (Å²) in [4.78, 5) is 29.4. The number of nitrogens with zero attached hydrogens (tertiary/aromatic N) is 1. The summed E-state index contributed by atoms with van der Waals surface area (Å²) in [6.07, 6.45) is 1.30. The highest BCUT2D eigenvalue weighted by atomic mass is 32.2. The number of carbonyl (C=O) groups is 1. The molecule has 3 N–H and O–H groups in total. The molecule has 1 amide bonds. The second kappa shape index (κ2) is 10.4. The van der Waals surface area contributed by atoms with Gasteiger partial charge in [-0.15, -0.1) is 11.8 Å². The smallest absolute Gasteiger partial charge is 0.339 e. The average Bonchev–Trinajstić information content (AvgIpc) is 3.12. The Balaban J connectivity index is 2.26. The van der Waals surface area contributed by atoms with Crippen LogP contribution in [0.1, 0.15) is 52.3 Å². The van der Waals surface area contributed by atoms with E-state index in [1.165, 1.54) is 24.9 Å². The zero-order valence-electron chi connectivity index (χ0n) is 18.1. The summed E-state index contributed by atoms with van der Waals surface area (Å²) in [6.45, 7) is 8.29. The predicted molar refractivity (Wildman–Crippen MR) is 116 cm³/mol. The number of thioether (sulfide) groups is 1. The molecule has 0 spiro atoms. The third-order valence-electron chi connectivity index (χ3n) is 4.58. The first-order chi connectivity index (χ1) is 14.2. The minimum Gasteiger partial charge on any atom is -0.496 e. The first-order valence-corrected chi connectivity index (χ1v) is 11.0. The molecule has 0 fully saturated rings. The maximum atomic E-state index is 13.1. The summed E-state index contributed by atoms with van der Waals surface area (Å²) in [7, 11) is 1.46. The van der Waals surface area contributed by atoms with E-state index in [0.717, 1.165) is 6.42 Å². The van der Waals surface area contributed by atoms with Gasteiger partial charge in [-0.2, -0.15) is 0 Å². The maximum Gasteiger partial charge on any atom is 0.339 e. The van der Waals surface area contributed by atoms with E-state index < -0.39 is 29.0 Å². The van der Waals surface area contributed by atoms with Crippen LogP contribution < -0.4 is 21.4 Å². The topological polar surface area (TPSA) is 125 Å². The normalized spacial score (nSPS) is 20.0. The fraction of sp³-hybridized carbons (Fsp3) is 0.650. The highest BCUT2D eigenvalue weighted by Crippen LogP contribution is 2.33. The second-order valence-corrected chi connectivity index (χ2v) is 7.94. The lowest BCUT2D eigenvalue weighted by Gasteiger charge is -2.28. The van der Waals surface area contributed by atoms with Gasteiger partial charge in [0.05, 0.1) is 19.2 Å². The zero-order chi connectivity index (χ0) is 22.4. The SMILES string of the molecule is CCC[C@H](NC(=O)[C@]1(N)CSC(C(C)(OCC)OCC)=N1)c1cc(OC)cc(=O)o1. The van der Waals surface area contributed by atoms with Crippen molar-refractivity contribution in [1.29, 1.82) is 0 Å². The lowest BCUT2D eigenvalue weighted by Crippen LogP contribution is -2.54. The molecule has 2 atom stereocenters. The summed E-state index contributed by atoms with van der Waals surface area (Å²) in [5, 5.41) is 3.39. The van der Waals surface area contributed by atoms with Gasteiger partial charge in [-0.1, -0.05) is 13.3 Å². The van der Waals surface area contributed by atoms with Gasteiger partial charge in [-0.3, -0.25) is 10.5 Å². The molecule has 168 valence electrons. The first-order valence-electron chi connectivity index (χ1n) is 10.0. The summed E-state index contributed by atoms with van der Waals surface area (Å²) in [5.41, 5.74) is 4.30. The number of carbonyl (C=O) groups excluding carboxylic acids is 1. The largest absolute Gasteiger partial charge is 0.496 e. The molecule has 9 nitrogen and oxygen atoms in total. The number of methoxy groups -OCH3 is 1. The van der Waals surface area contributed by atoms with Crippen molar-refractivity contribution in [2.75, 3.05) is 26.1 Å². The number of nitrogens with two attached hydrogens (primary N) is 1. The summed E-state index contributed by atoms with van der Waals surface area (Å²) in [5.74, 6) is -0.617. The molecule has 1 aliphatic rings. The zero-order valence-corrected chi connectivity index (χ0v) is 19.0. The van der Waals surface area contributed by atoms with Crippen molar-refractivity contribution in [2.45, 2.75) is 58.0 Å². The van der Waals surface area contributed by atoms with Crippen molar-refractivity contribution in [3.05, 3.63) is 28.3 Å². The van der Waals surface area contributed by atoms with Crippen molar-refractivity contribution < 1.29 is 23.4 Å². The molecular weight excluding hydrogens is 410 g/mol. The van der Waals surface area contributed by atoms with Crippen molar-refractivity contribution in [2.24, 2.45) is 10.7 Å². The number of hydrogen-bond donors (Lipinski definition) is 2. The Bertz CT molecular complexity index is 821. The standard InChI is InChI=1S/C20H31N3O6S/c1-6-9-14(15-10-13(26-5)11-16(24)29-15)22-17(25)20(21)12-30-18(23-20)19(4,27-7-2)28-8-3/h10-11,14H,6-9,12,21H2,1-5H3,(H,22,25)/t14-,20-/m0/s1. The molecule has 0 unspecified atom stereocenters. The van der Waals surface area contributed by atoms with Gasteiger partial charge in [-0.05, 0) is 27.2 Å². The molecule has 1 aromatic heterocycles. The van der Waals surface area contributed by atoms with Gasteiger partial charge in [0.2, 0.25) is 5.79 Å². The van der Waals surface area contributed by atoms with Crippen LogP contribution in [0.2, 0.25) is 0 Å². The molecule has 1 aliphatic heterocycles. The van der Waals surface area contributed by atoms with Crippen molar-refractivity contribution >= 4 is 22.7 Å². The summed E-state index contributed by atoms with van der Waals surface area (Å²) in [6, 6.07) is 2.29. The predicted octanol–water partition coefficient (Wildman–Crippen LogP) is 2.20. The van der Waals surface area contributed by atoms with Crippen molar-refractivity contribution in [3.8, 4) is 5.75 Å². The quantitative estimate of drug-likeness (QED) is 0.501. The molecule has 0 bridgehead atoms.